The molecule has 0 saturated carbocycles. The fourth-order valence-electron chi connectivity index (χ4n) is 2.24. The van der Waals surface area contributed by atoms with Gasteiger partial charge < -0.3 is 10.6 Å². The molecule has 18 heavy (non-hydrogen) atoms. The molecule has 1 fully saturated rings. The normalized spacial score (nSPS) is 20.7. The van der Waals surface area contributed by atoms with E-state index in [9.17, 15) is 9.59 Å². The fourth-order valence-corrected chi connectivity index (χ4v) is 2.51. The number of hydrogen-bond acceptors (Lipinski definition) is 2. The number of alkyl halides is 1. The van der Waals surface area contributed by atoms with Crippen molar-refractivity contribution in [1.29, 1.82) is 0 Å². The highest BCUT2D eigenvalue weighted by Gasteiger charge is 2.35. The Kier molecular flexibility index (Phi) is 3.87. The molecular formula is C13H15ClN2O2. The maximum atomic E-state index is 12.2. The van der Waals surface area contributed by atoms with Crippen LogP contribution in [0.15, 0.2) is 30.3 Å². The minimum absolute atomic E-state index is 0.246. The number of carbonyl (C=O) groups is 2. The highest BCUT2D eigenvalue weighted by Crippen LogP contribution is 2.27. The average Bonchev–Trinajstić information content (AvgIpc) is 2.87. The topological polar surface area (TPSA) is 63.4 Å². The summed E-state index contributed by atoms with van der Waals surface area (Å²) in [7, 11) is 0. The first-order chi connectivity index (χ1) is 8.61. The van der Waals surface area contributed by atoms with Gasteiger partial charge in [0.25, 0.3) is 0 Å². The van der Waals surface area contributed by atoms with Crippen LogP contribution >= 0.6 is 11.6 Å². The predicted molar refractivity (Wildman–Crippen MR) is 69.0 cm³/mol. The van der Waals surface area contributed by atoms with Gasteiger partial charge in [-0.2, -0.15) is 0 Å². The smallest absolute Gasteiger partial charge is 0.245 e. The second-order valence-corrected chi connectivity index (χ2v) is 4.80. The van der Waals surface area contributed by atoms with Crippen LogP contribution in [0.1, 0.15) is 23.8 Å². The summed E-state index contributed by atoms with van der Waals surface area (Å²) in [5.41, 5.74) is 6.02. The van der Waals surface area contributed by atoms with Crippen LogP contribution in [0.5, 0.6) is 0 Å². The molecule has 0 radical (unpaired) electrons. The van der Waals surface area contributed by atoms with Crippen LogP contribution in [0, 0.1) is 0 Å². The maximum absolute atomic E-state index is 12.2. The van der Waals surface area contributed by atoms with Gasteiger partial charge in [0.1, 0.15) is 11.4 Å². The Morgan fingerprint density at radius 2 is 2.00 bits per heavy atom. The Balaban J connectivity index is 2.14. The predicted octanol–water partition coefficient (Wildman–Crippen LogP) is 1.44. The minimum Gasteiger partial charge on any atom is -0.368 e. The lowest BCUT2D eigenvalue weighted by molar-refractivity contribution is -0.137. The first-order valence-electron chi connectivity index (χ1n) is 5.90. The molecule has 2 amide bonds. The summed E-state index contributed by atoms with van der Waals surface area (Å²) in [6.45, 7) is 0.544. The Morgan fingerprint density at radius 1 is 1.33 bits per heavy atom. The van der Waals surface area contributed by atoms with Crippen LogP contribution in [0.4, 0.5) is 0 Å². The summed E-state index contributed by atoms with van der Waals surface area (Å²) < 4.78 is 0. The zero-order valence-electron chi connectivity index (χ0n) is 9.88. The van der Waals surface area contributed by atoms with E-state index in [1.165, 1.54) is 4.90 Å². The van der Waals surface area contributed by atoms with Crippen molar-refractivity contribution in [2.24, 2.45) is 5.73 Å². The summed E-state index contributed by atoms with van der Waals surface area (Å²) in [6.07, 6.45) is 1.41. The van der Waals surface area contributed by atoms with Crippen molar-refractivity contribution < 1.29 is 9.59 Å². The monoisotopic (exact) mass is 266 g/mol. The third kappa shape index (κ3) is 2.48. The minimum atomic E-state index is -0.758. The molecule has 1 heterocycles. The van der Waals surface area contributed by atoms with Gasteiger partial charge in [0.15, 0.2) is 0 Å². The SMILES string of the molecule is NC(=O)C1CCCN1C(=O)C(Cl)c1ccccc1. The van der Waals surface area contributed by atoms with E-state index in [0.717, 1.165) is 12.0 Å². The van der Waals surface area contributed by atoms with Crippen molar-refractivity contribution in [3.8, 4) is 0 Å². The summed E-state index contributed by atoms with van der Waals surface area (Å²) in [6, 6.07) is 8.60. The molecule has 2 rings (SSSR count). The van der Waals surface area contributed by atoms with Gasteiger partial charge in [0.05, 0.1) is 0 Å². The summed E-state index contributed by atoms with van der Waals surface area (Å²) in [4.78, 5) is 25.0. The van der Waals surface area contributed by atoms with Crippen LogP contribution in [-0.4, -0.2) is 29.3 Å². The van der Waals surface area contributed by atoms with Gasteiger partial charge in [-0.1, -0.05) is 30.3 Å². The van der Waals surface area contributed by atoms with E-state index in [2.05, 4.69) is 0 Å². The van der Waals surface area contributed by atoms with Crippen molar-refractivity contribution in [2.45, 2.75) is 24.3 Å². The lowest BCUT2D eigenvalue weighted by Gasteiger charge is -2.24. The van der Waals surface area contributed by atoms with Gasteiger partial charge in [0, 0.05) is 6.54 Å². The zero-order valence-corrected chi connectivity index (χ0v) is 10.6. The lowest BCUT2D eigenvalue weighted by Crippen LogP contribution is -2.44. The molecule has 0 spiro atoms. The molecule has 0 aromatic heterocycles. The Bertz CT molecular complexity index is 450. The van der Waals surface area contributed by atoms with Crippen LogP contribution in [0.25, 0.3) is 0 Å². The number of likely N-dealkylation sites (tertiary alicyclic amines) is 1. The standard InChI is InChI=1S/C13H15ClN2O2/c14-11(9-5-2-1-3-6-9)13(18)16-8-4-7-10(16)12(15)17/h1-3,5-6,10-11H,4,7-8H2,(H2,15,17). The number of halogens is 1. The molecular weight excluding hydrogens is 252 g/mol. The van der Waals surface area contributed by atoms with E-state index in [1.807, 2.05) is 18.2 Å². The van der Waals surface area contributed by atoms with Gasteiger partial charge in [-0.05, 0) is 18.4 Å². The molecule has 2 atom stereocenters. The molecule has 1 aromatic rings. The second kappa shape index (κ2) is 5.40. The molecule has 2 unspecified atom stereocenters. The van der Waals surface area contributed by atoms with Crippen molar-refractivity contribution in [2.75, 3.05) is 6.54 Å². The van der Waals surface area contributed by atoms with E-state index < -0.39 is 17.3 Å². The van der Waals surface area contributed by atoms with E-state index in [-0.39, 0.29) is 5.91 Å². The molecule has 0 aliphatic carbocycles. The molecule has 0 bridgehead atoms. The third-order valence-electron chi connectivity index (χ3n) is 3.17. The molecule has 5 heteroatoms. The Hall–Kier alpha value is -1.55. The molecule has 2 N–H and O–H groups in total. The second-order valence-electron chi connectivity index (χ2n) is 4.37. The first-order valence-corrected chi connectivity index (χ1v) is 6.33. The molecule has 1 saturated heterocycles. The number of primary amides is 1. The number of carbonyl (C=O) groups excluding carboxylic acids is 2. The van der Waals surface area contributed by atoms with Crippen molar-refractivity contribution in [3.63, 3.8) is 0 Å². The van der Waals surface area contributed by atoms with Gasteiger partial charge in [0.2, 0.25) is 11.8 Å². The van der Waals surface area contributed by atoms with Gasteiger partial charge >= 0.3 is 0 Å². The Labute approximate surface area is 111 Å². The number of nitrogens with zero attached hydrogens (tertiary/aromatic N) is 1. The van der Waals surface area contributed by atoms with E-state index >= 15 is 0 Å². The molecule has 1 aliphatic rings. The zero-order chi connectivity index (χ0) is 13.1. The number of benzene rings is 1. The van der Waals surface area contributed by atoms with Crippen LogP contribution in [0.3, 0.4) is 0 Å². The number of rotatable bonds is 3. The van der Waals surface area contributed by atoms with E-state index in [4.69, 9.17) is 17.3 Å². The van der Waals surface area contributed by atoms with E-state index in [1.54, 1.807) is 12.1 Å². The van der Waals surface area contributed by atoms with Crippen molar-refractivity contribution in [3.05, 3.63) is 35.9 Å². The van der Waals surface area contributed by atoms with Crippen molar-refractivity contribution >= 4 is 23.4 Å². The quantitative estimate of drug-likeness (QED) is 0.842. The molecule has 1 aromatic carbocycles. The van der Waals surface area contributed by atoms with Gasteiger partial charge in [-0.15, -0.1) is 11.6 Å². The molecule has 1 aliphatic heterocycles. The van der Waals surface area contributed by atoms with Gasteiger partial charge in [-0.3, -0.25) is 9.59 Å². The van der Waals surface area contributed by atoms with Crippen molar-refractivity contribution in [1.82, 2.24) is 4.90 Å². The number of amides is 2. The summed E-state index contributed by atoms with van der Waals surface area (Å²) in [5.74, 6) is -0.707. The average molecular weight is 267 g/mol. The summed E-state index contributed by atoms with van der Waals surface area (Å²) >= 11 is 6.16. The number of hydrogen-bond donors (Lipinski definition) is 1. The maximum Gasteiger partial charge on any atom is 0.245 e. The Morgan fingerprint density at radius 3 is 2.61 bits per heavy atom. The molecule has 4 nitrogen and oxygen atoms in total. The molecule has 96 valence electrons. The van der Waals surface area contributed by atoms with Crippen LogP contribution in [0.2, 0.25) is 0 Å². The van der Waals surface area contributed by atoms with E-state index in [0.29, 0.717) is 13.0 Å². The van der Waals surface area contributed by atoms with Crippen LogP contribution < -0.4 is 5.73 Å². The van der Waals surface area contributed by atoms with Crippen LogP contribution in [-0.2, 0) is 9.59 Å². The lowest BCUT2D eigenvalue weighted by atomic mass is 10.1. The first kappa shape index (κ1) is 12.9. The largest absolute Gasteiger partial charge is 0.368 e. The highest BCUT2D eigenvalue weighted by molar-refractivity contribution is 6.30. The highest BCUT2D eigenvalue weighted by atomic mass is 35.5. The fraction of sp³-hybridized carbons (Fsp3) is 0.385. The summed E-state index contributed by atoms with van der Waals surface area (Å²) in [5, 5.41) is -0.758. The van der Waals surface area contributed by atoms with Gasteiger partial charge in [-0.25, -0.2) is 0 Å². The number of nitrogens with two attached hydrogens (primary N) is 1. The third-order valence-corrected chi connectivity index (χ3v) is 3.61.